The van der Waals surface area contributed by atoms with E-state index in [1.54, 1.807) is 0 Å². The van der Waals surface area contributed by atoms with Crippen LogP contribution in [0.1, 0.15) is 271 Å². The molecule has 0 aromatic carbocycles. The summed E-state index contributed by atoms with van der Waals surface area (Å²) < 4.78 is 34.5. The first-order valence-electron chi connectivity index (χ1n) is 28.1. The zero-order valence-corrected chi connectivity index (χ0v) is 45.1. The molecule has 0 saturated heterocycles. The Morgan fingerprint density at radius 2 is 0.818 bits per heavy atom. The smallest absolute Gasteiger partial charge is 0.462 e. The minimum atomic E-state index is -4.38. The predicted molar refractivity (Wildman–Crippen MR) is 280 cm³/mol. The first-order chi connectivity index (χ1) is 32.0. The summed E-state index contributed by atoms with van der Waals surface area (Å²) in [4.78, 5) is 35.6. The van der Waals surface area contributed by atoms with Gasteiger partial charge < -0.3 is 18.9 Å². The Morgan fingerprint density at radius 1 is 0.470 bits per heavy atom. The third-order valence-electron chi connectivity index (χ3n) is 12.5. The summed E-state index contributed by atoms with van der Waals surface area (Å²) in [6, 6.07) is 0. The van der Waals surface area contributed by atoms with E-state index in [0.29, 0.717) is 23.9 Å². The number of hydrogen-bond donors (Lipinski definition) is 1. The summed E-state index contributed by atoms with van der Waals surface area (Å²) in [5.41, 5.74) is 0. The number of phosphoric ester groups is 1. The summed E-state index contributed by atoms with van der Waals surface area (Å²) >= 11 is 0. The quantitative estimate of drug-likeness (QED) is 0.0211. The summed E-state index contributed by atoms with van der Waals surface area (Å²) in [7, 11) is 1.49. The van der Waals surface area contributed by atoms with Gasteiger partial charge in [0, 0.05) is 12.8 Å². The number of rotatable bonds is 52. The van der Waals surface area contributed by atoms with Gasteiger partial charge in [-0.2, -0.15) is 0 Å². The molecule has 0 aliphatic carbocycles. The largest absolute Gasteiger partial charge is 0.472 e. The lowest BCUT2D eigenvalue weighted by Crippen LogP contribution is -2.37. The average Bonchev–Trinajstić information content (AvgIpc) is 3.27. The van der Waals surface area contributed by atoms with Crippen molar-refractivity contribution in [2.45, 2.75) is 277 Å². The number of hydrogen-bond acceptors (Lipinski definition) is 7. The van der Waals surface area contributed by atoms with Gasteiger partial charge in [0.05, 0.1) is 27.7 Å². The molecular formula is C56H109NO8P+. The average molecular weight is 955 g/mol. The van der Waals surface area contributed by atoms with Crippen LogP contribution in [0.4, 0.5) is 0 Å². The van der Waals surface area contributed by atoms with Crippen LogP contribution in [-0.4, -0.2) is 74.9 Å². The fraction of sp³-hybridized carbons (Fsp3) is 0.893. The standard InChI is InChI=1S/C56H108NO8P/c1-6-8-10-12-14-16-18-20-22-24-25-26-27-28-29-30-31-33-35-37-39-41-43-45-47-49-56(59)65-54(53-64-66(60,61)63-51-50-57(3,4)5)52-62-55(58)48-46-44-42-40-38-36-34-32-23-21-19-17-15-13-11-9-7-2/h18,20,24-25,54H,6-17,19,21-23,26-53H2,1-5H3/p+1/b20-18-,25-24-. The molecule has 0 fully saturated rings. The number of quaternary nitrogens is 1. The fourth-order valence-corrected chi connectivity index (χ4v) is 8.85. The molecule has 0 aromatic rings. The van der Waals surface area contributed by atoms with Gasteiger partial charge in [-0.1, -0.05) is 237 Å². The summed E-state index contributed by atoms with van der Waals surface area (Å²) in [6.45, 7) is 4.47. The van der Waals surface area contributed by atoms with Crippen molar-refractivity contribution >= 4 is 19.8 Å². The Hall–Kier alpha value is -1.51. The predicted octanol–water partition coefficient (Wildman–Crippen LogP) is 17.0. The lowest BCUT2D eigenvalue weighted by atomic mass is 10.0. The molecule has 10 heteroatoms. The van der Waals surface area contributed by atoms with Gasteiger partial charge in [-0.3, -0.25) is 18.6 Å². The van der Waals surface area contributed by atoms with Gasteiger partial charge in [-0.15, -0.1) is 0 Å². The molecule has 2 unspecified atom stereocenters. The Kier molecular flexibility index (Phi) is 47.4. The van der Waals surface area contributed by atoms with E-state index in [9.17, 15) is 19.0 Å². The number of allylic oxidation sites excluding steroid dienone is 4. The molecule has 0 saturated carbocycles. The molecule has 2 atom stereocenters. The monoisotopic (exact) mass is 955 g/mol. The zero-order valence-electron chi connectivity index (χ0n) is 44.2. The van der Waals surface area contributed by atoms with E-state index in [4.69, 9.17) is 18.5 Å². The molecule has 0 spiro atoms. The summed E-state index contributed by atoms with van der Waals surface area (Å²) in [5, 5.41) is 0. The van der Waals surface area contributed by atoms with Crippen molar-refractivity contribution in [3.63, 3.8) is 0 Å². The Bertz CT molecular complexity index is 1170. The van der Waals surface area contributed by atoms with E-state index in [0.717, 1.165) is 38.5 Å². The Labute approximate surface area is 409 Å². The molecule has 0 heterocycles. The molecule has 9 nitrogen and oxygen atoms in total. The number of likely N-dealkylation sites (N-methyl/N-ethyl adjacent to an activating group) is 1. The van der Waals surface area contributed by atoms with Gasteiger partial charge in [-0.25, -0.2) is 4.57 Å². The molecule has 1 N–H and O–H groups in total. The van der Waals surface area contributed by atoms with Crippen molar-refractivity contribution in [2.75, 3.05) is 47.5 Å². The van der Waals surface area contributed by atoms with Gasteiger partial charge >= 0.3 is 19.8 Å². The van der Waals surface area contributed by atoms with E-state index in [1.807, 2.05) is 21.1 Å². The van der Waals surface area contributed by atoms with E-state index in [2.05, 4.69) is 38.2 Å². The van der Waals surface area contributed by atoms with Crippen LogP contribution in [0, 0.1) is 0 Å². The number of carbonyl (C=O) groups is 2. The van der Waals surface area contributed by atoms with Gasteiger partial charge in [0.15, 0.2) is 6.10 Å². The van der Waals surface area contributed by atoms with Crippen molar-refractivity contribution in [1.29, 1.82) is 0 Å². The van der Waals surface area contributed by atoms with Crippen molar-refractivity contribution in [2.24, 2.45) is 0 Å². The summed E-state index contributed by atoms with van der Waals surface area (Å²) in [6.07, 6.45) is 56.6. The molecule has 66 heavy (non-hydrogen) atoms. The number of unbranched alkanes of at least 4 members (excludes halogenated alkanes) is 34. The lowest BCUT2D eigenvalue weighted by Gasteiger charge is -2.24. The van der Waals surface area contributed by atoms with Crippen LogP contribution in [0.5, 0.6) is 0 Å². The van der Waals surface area contributed by atoms with Crippen molar-refractivity contribution in [3.05, 3.63) is 24.3 Å². The minimum absolute atomic E-state index is 0.0344. The molecule has 0 aliphatic rings. The second kappa shape index (κ2) is 48.5. The number of phosphoric acid groups is 1. The second-order valence-electron chi connectivity index (χ2n) is 20.3. The Morgan fingerprint density at radius 3 is 1.20 bits per heavy atom. The third kappa shape index (κ3) is 51.9. The minimum Gasteiger partial charge on any atom is -0.462 e. The molecule has 390 valence electrons. The number of carbonyl (C=O) groups excluding carboxylic acids is 2. The van der Waals surface area contributed by atoms with Crippen molar-refractivity contribution in [3.8, 4) is 0 Å². The van der Waals surface area contributed by atoms with Crippen LogP contribution in [-0.2, 0) is 32.7 Å². The first-order valence-corrected chi connectivity index (χ1v) is 29.6. The molecule has 0 radical (unpaired) electrons. The van der Waals surface area contributed by atoms with Crippen LogP contribution in [0.25, 0.3) is 0 Å². The number of ether oxygens (including phenoxy) is 2. The first kappa shape index (κ1) is 64.5. The molecule has 0 rings (SSSR count). The molecule has 0 bridgehead atoms. The van der Waals surface area contributed by atoms with E-state index in [-0.39, 0.29) is 25.6 Å². The van der Waals surface area contributed by atoms with E-state index >= 15 is 0 Å². The van der Waals surface area contributed by atoms with Crippen LogP contribution in [0.15, 0.2) is 24.3 Å². The number of nitrogens with zero attached hydrogens (tertiary/aromatic N) is 1. The zero-order chi connectivity index (χ0) is 48.5. The highest BCUT2D eigenvalue weighted by Gasteiger charge is 2.27. The van der Waals surface area contributed by atoms with Crippen LogP contribution < -0.4 is 0 Å². The van der Waals surface area contributed by atoms with Crippen molar-refractivity contribution in [1.82, 2.24) is 0 Å². The molecule has 0 aliphatic heterocycles. The Balaban J connectivity index is 4.14. The van der Waals surface area contributed by atoms with Crippen LogP contribution >= 0.6 is 7.82 Å². The van der Waals surface area contributed by atoms with E-state index in [1.165, 1.54) is 199 Å². The normalized spacial score (nSPS) is 13.5. The maximum Gasteiger partial charge on any atom is 0.472 e. The maximum absolute atomic E-state index is 12.8. The van der Waals surface area contributed by atoms with Gasteiger partial charge in [0.1, 0.15) is 19.8 Å². The molecule has 0 aromatic heterocycles. The number of esters is 2. The SMILES string of the molecule is CCCCCCC/C=C\C/C=C\CCCCCCCCCCCCCCCC(=O)OC(COC(=O)CCCCCCCCCCCCCCCCCCC)COP(=O)(O)OCC[N+](C)(C)C. The third-order valence-corrected chi connectivity index (χ3v) is 13.5. The van der Waals surface area contributed by atoms with Gasteiger partial charge in [-0.05, 0) is 44.9 Å². The highest BCUT2D eigenvalue weighted by molar-refractivity contribution is 7.47. The van der Waals surface area contributed by atoms with E-state index < -0.39 is 26.5 Å². The van der Waals surface area contributed by atoms with Crippen LogP contribution in [0.2, 0.25) is 0 Å². The molecule has 0 amide bonds. The van der Waals surface area contributed by atoms with Gasteiger partial charge in [0.25, 0.3) is 0 Å². The second-order valence-corrected chi connectivity index (χ2v) is 21.8. The summed E-state index contributed by atoms with van der Waals surface area (Å²) in [5.74, 6) is -0.783. The highest BCUT2D eigenvalue weighted by atomic mass is 31.2. The fourth-order valence-electron chi connectivity index (χ4n) is 8.11. The maximum atomic E-state index is 12.8. The topological polar surface area (TPSA) is 108 Å². The molecular weight excluding hydrogens is 846 g/mol. The highest BCUT2D eigenvalue weighted by Crippen LogP contribution is 2.43. The lowest BCUT2D eigenvalue weighted by molar-refractivity contribution is -0.870. The van der Waals surface area contributed by atoms with Gasteiger partial charge in [0.2, 0.25) is 0 Å². The van der Waals surface area contributed by atoms with Crippen LogP contribution in [0.3, 0.4) is 0 Å². The van der Waals surface area contributed by atoms with Crippen molar-refractivity contribution < 1.29 is 42.1 Å².